The summed E-state index contributed by atoms with van der Waals surface area (Å²) in [7, 11) is 0. The van der Waals surface area contributed by atoms with Crippen LogP contribution >= 0.6 is 15.9 Å². The average Bonchev–Trinajstić information content (AvgIpc) is 2.54. The molecule has 118 valence electrons. The van der Waals surface area contributed by atoms with E-state index in [1.165, 1.54) is 5.69 Å². The molecule has 0 atom stereocenters. The minimum Gasteiger partial charge on any atom is -0.383 e. The highest BCUT2D eigenvalue weighted by Gasteiger charge is 2.08. The van der Waals surface area contributed by atoms with Gasteiger partial charge >= 0.3 is 0 Å². The molecule has 5 nitrogen and oxygen atoms in total. The fourth-order valence-electron chi connectivity index (χ4n) is 2.57. The van der Waals surface area contributed by atoms with Crippen LogP contribution in [0.3, 0.4) is 0 Å². The van der Waals surface area contributed by atoms with Crippen LogP contribution in [-0.2, 0) is 6.54 Å². The normalized spacial score (nSPS) is 10.9. The van der Waals surface area contributed by atoms with Crippen molar-refractivity contribution in [2.45, 2.75) is 13.5 Å². The molecule has 0 fully saturated rings. The molecule has 0 saturated heterocycles. The van der Waals surface area contributed by atoms with Crippen LogP contribution in [-0.4, -0.2) is 16.5 Å². The summed E-state index contributed by atoms with van der Waals surface area (Å²) in [5.41, 5.74) is 14.7. The van der Waals surface area contributed by atoms with Gasteiger partial charge in [0.2, 0.25) is 5.95 Å². The molecule has 6 heteroatoms. The molecule has 3 rings (SSSR count). The van der Waals surface area contributed by atoms with Crippen LogP contribution in [0.25, 0.3) is 10.9 Å². The van der Waals surface area contributed by atoms with Crippen molar-refractivity contribution in [2.75, 3.05) is 22.9 Å². The van der Waals surface area contributed by atoms with Crippen molar-refractivity contribution in [1.29, 1.82) is 0 Å². The van der Waals surface area contributed by atoms with Gasteiger partial charge in [0.05, 0.1) is 5.52 Å². The van der Waals surface area contributed by atoms with E-state index in [0.29, 0.717) is 5.82 Å². The lowest BCUT2D eigenvalue weighted by atomic mass is 10.1. The first kappa shape index (κ1) is 15.6. The Kier molecular flexibility index (Phi) is 4.34. The number of aromatic nitrogens is 2. The van der Waals surface area contributed by atoms with E-state index in [0.717, 1.165) is 34.0 Å². The molecule has 2 aromatic carbocycles. The largest absolute Gasteiger partial charge is 0.383 e. The third-order valence-electron chi connectivity index (χ3n) is 3.75. The van der Waals surface area contributed by atoms with Crippen molar-refractivity contribution < 1.29 is 0 Å². The second kappa shape index (κ2) is 6.42. The number of hydrogen-bond acceptors (Lipinski definition) is 5. The Bertz CT molecular complexity index is 832. The Morgan fingerprint density at radius 2 is 1.78 bits per heavy atom. The summed E-state index contributed by atoms with van der Waals surface area (Å²) in [5, 5.41) is 0.837. The van der Waals surface area contributed by atoms with Crippen molar-refractivity contribution in [3.05, 3.63) is 52.5 Å². The Morgan fingerprint density at radius 3 is 2.48 bits per heavy atom. The van der Waals surface area contributed by atoms with Crippen LogP contribution in [0, 0.1) is 0 Å². The number of nitrogen functional groups attached to an aromatic ring is 2. The van der Waals surface area contributed by atoms with Gasteiger partial charge in [-0.05, 0) is 48.9 Å². The molecule has 0 aliphatic rings. The van der Waals surface area contributed by atoms with E-state index >= 15 is 0 Å². The number of nitrogens with two attached hydrogens (primary N) is 2. The highest BCUT2D eigenvalue weighted by Crippen LogP contribution is 2.24. The average molecular weight is 372 g/mol. The van der Waals surface area contributed by atoms with Gasteiger partial charge in [0.25, 0.3) is 0 Å². The number of halogens is 1. The van der Waals surface area contributed by atoms with Crippen molar-refractivity contribution in [3.63, 3.8) is 0 Å². The predicted octanol–water partition coefficient (Wildman–Crippen LogP) is 3.58. The zero-order valence-electron chi connectivity index (χ0n) is 12.8. The molecule has 4 N–H and O–H groups in total. The maximum atomic E-state index is 5.97. The van der Waals surface area contributed by atoms with Gasteiger partial charge in [-0.1, -0.05) is 22.0 Å². The molecule has 1 heterocycles. The molecule has 0 radical (unpaired) electrons. The summed E-state index contributed by atoms with van der Waals surface area (Å²) in [4.78, 5) is 10.5. The summed E-state index contributed by atoms with van der Waals surface area (Å²) >= 11 is 3.47. The molecule has 1 aromatic heterocycles. The van der Waals surface area contributed by atoms with Gasteiger partial charge in [-0.3, -0.25) is 0 Å². The number of rotatable bonds is 4. The van der Waals surface area contributed by atoms with E-state index < -0.39 is 0 Å². The van der Waals surface area contributed by atoms with E-state index in [1.807, 2.05) is 24.3 Å². The van der Waals surface area contributed by atoms with Gasteiger partial charge < -0.3 is 16.4 Å². The zero-order valence-corrected chi connectivity index (χ0v) is 14.4. The minimum absolute atomic E-state index is 0.202. The third-order valence-corrected chi connectivity index (χ3v) is 4.28. The van der Waals surface area contributed by atoms with Crippen molar-refractivity contribution in [1.82, 2.24) is 9.97 Å². The number of hydrogen-bond donors (Lipinski definition) is 2. The molecule has 0 aliphatic carbocycles. The summed E-state index contributed by atoms with van der Waals surface area (Å²) in [5.74, 6) is 0.619. The summed E-state index contributed by atoms with van der Waals surface area (Å²) in [6, 6.07) is 14.3. The Hall–Kier alpha value is -2.34. The van der Waals surface area contributed by atoms with E-state index in [1.54, 1.807) is 0 Å². The lowest BCUT2D eigenvalue weighted by Crippen LogP contribution is -2.21. The predicted molar refractivity (Wildman–Crippen MR) is 99.2 cm³/mol. The van der Waals surface area contributed by atoms with Crippen LogP contribution in [0.1, 0.15) is 12.5 Å². The zero-order chi connectivity index (χ0) is 16.4. The summed E-state index contributed by atoms with van der Waals surface area (Å²) < 4.78 is 1.07. The SMILES string of the molecule is CCN(Cc1ccc2nc(N)nc(N)c2c1)c1ccc(Br)cc1. The molecule has 0 bridgehead atoms. The first-order chi connectivity index (χ1) is 11.1. The lowest BCUT2D eigenvalue weighted by Gasteiger charge is -2.23. The van der Waals surface area contributed by atoms with Gasteiger partial charge in [0, 0.05) is 28.6 Å². The second-order valence-electron chi connectivity index (χ2n) is 5.31. The van der Waals surface area contributed by atoms with Gasteiger partial charge in [-0.15, -0.1) is 0 Å². The van der Waals surface area contributed by atoms with Gasteiger partial charge in [-0.25, -0.2) is 4.98 Å². The van der Waals surface area contributed by atoms with E-state index in [-0.39, 0.29) is 5.95 Å². The molecular weight excluding hydrogens is 354 g/mol. The summed E-state index contributed by atoms with van der Waals surface area (Å²) in [6.45, 7) is 3.84. The molecular formula is C17H18BrN5. The van der Waals surface area contributed by atoms with Gasteiger partial charge in [0.1, 0.15) is 5.82 Å². The standard InChI is InChI=1S/C17H18BrN5/c1-2-23(13-6-4-12(18)5-7-13)10-11-3-8-15-14(9-11)16(19)22-17(20)21-15/h3-9H,2,10H2,1H3,(H4,19,20,21,22). The Labute approximate surface area is 143 Å². The Balaban J connectivity index is 1.91. The first-order valence-electron chi connectivity index (χ1n) is 7.39. The summed E-state index contributed by atoms with van der Waals surface area (Å²) in [6.07, 6.45) is 0. The first-order valence-corrected chi connectivity index (χ1v) is 8.18. The maximum Gasteiger partial charge on any atom is 0.222 e. The fraction of sp³-hybridized carbons (Fsp3) is 0.176. The van der Waals surface area contributed by atoms with Gasteiger partial charge in [-0.2, -0.15) is 4.98 Å². The van der Waals surface area contributed by atoms with Crippen LogP contribution in [0.15, 0.2) is 46.9 Å². The molecule has 23 heavy (non-hydrogen) atoms. The smallest absolute Gasteiger partial charge is 0.222 e. The second-order valence-corrected chi connectivity index (χ2v) is 6.22. The van der Waals surface area contributed by atoms with Crippen LogP contribution in [0.4, 0.5) is 17.5 Å². The third kappa shape index (κ3) is 3.37. The van der Waals surface area contributed by atoms with Crippen LogP contribution in [0.2, 0.25) is 0 Å². The minimum atomic E-state index is 0.202. The highest BCUT2D eigenvalue weighted by atomic mass is 79.9. The lowest BCUT2D eigenvalue weighted by molar-refractivity contribution is 0.832. The molecule has 0 amide bonds. The molecule has 0 aliphatic heterocycles. The monoisotopic (exact) mass is 371 g/mol. The topological polar surface area (TPSA) is 81.1 Å². The van der Waals surface area contributed by atoms with Crippen molar-refractivity contribution in [3.8, 4) is 0 Å². The van der Waals surface area contributed by atoms with Crippen molar-refractivity contribution in [2.24, 2.45) is 0 Å². The number of fused-ring (bicyclic) bond motifs is 1. The van der Waals surface area contributed by atoms with Crippen molar-refractivity contribution >= 4 is 44.3 Å². The number of benzene rings is 2. The van der Waals surface area contributed by atoms with Crippen LogP contribution in [0.5, 0.6) is 0 Å². The molecule has 0 unspecified atom stereocenters. The quantitative estimate of drug-likeness (QED) is 0.732. The fourth-order valence-corrected chi connectivity index (χ4v) is 2.84. The molecule has 0 saturated carbocycles. The van der Waals surface area contributed by atoms with Gasteiger partial charge in [0.15, 0.2) is 0 Å². The number of nitrogens with zero attached hydrogens (tertiary/aromatic N) is 3. The Morgan fingerprint density at radius 1 is 1.04 bits per heavy atom. The van der Waals surface area contributed by atoms with Crippen LogP contribution < -0.4 is 16.4 Å². The van der Waals surface area contributed by atoms with E-state index in [2.05, 4.69) is 55.9 Å². The van der Waals surface area contributed by atoms with E-state index in [9.17, 15) is 0 Å². The maximum absolute atomic E-state index is 5.97. The van der Waals surface area contributed by atoms with E-state index in [4.69, 9.17) is 11.5 Å². The molecule has 0 spiro atoms. The number of anilines is 3. The molecule has 3 aromatic rings. The highest BCUT2D eigenvalue weighted by molar-refractivity contribution is 9.10.